The number of rotatable bonds is 85. The van der Waals surface area contributed by atoms with Crippen molar-refractivity contribution in [3.63, 3.8) is 0 Å². The molecule has 105 heavy (non-hydrogen) atoms. The molecule has 0 aliphatic heterocycles. The Bertz CT molecular complexity index is 2010. The molecule has 2 unspecified atom stereocenters. The summed E-state index contributed by atoms with van der Waals surface area (Å²) in [6, 6.07) is 0. The van der Waals surface area contributed by atoms with Crippen molar-refractivity contribution >= 4 is 39.5 Å². The smallest absolute Gasteiger partial charge is 0.462 e. The lowest BCUT2D eigenvalue weighted by atomic mass is 10.0. The van der Waals surface area contributed by atoms with Crippen LogP contribution in [0.4, 0.5) is 0 Å². The number of hydrogen-bond donors (Lipinski definition) is 3. The van der Waals surface area contributed by atoms with Crippen molar-refractivity contribution in [1.82, 2.24) is 0 Å². The van der Waals surface area contributed by atoms with Gasteiger partial charge in [0.2, 0.25) is 0 Å². The SMILES string of the molecule is CCCCCCCCCCCCCCCCCCCC(=O)O[C@H](COC(=O)CCCCCCCCCCCCC)COP(=O)(O)OC[C@H](O)COP(=O)(O)OC[C@@H](COC(=O)CCCCCCCCCCCCCCCCCC(C)C)OC(=O)CCCCCCCCCCCCCCCCCCC(C)C. The van der Waals surface area contributed by atoms with Crippen molar-refractivity contribution < 1.29 is 80.2 Å². The summed E-state index contributed by atoms with van der Waals surface area (Å²) in [4.78, 5) is 73.2. The van der Waals surface area contributed by atoms with Gasteiger partial charge in [-0.2, -0.15) is 0 Å². The first-order chi connectivity index (χ1) is 50.9. The molecule has 0 aromatic rings. The Morgan fingerprint density at radius 2 is 0.438 bits per heavy atom. The van der Waals surface area contributed by atoms with Crippen molar-refractivity contribution in [2.45, 2.75) is 477 Å². The van der Waals surface area contributed by atoms with Gasteiger partial charge in [0.25, 0.3) is 0 Å². The quantitative estimate of drug-likeness (QED) is 0.0222. The van der Waals surface area contributed by atoms with Gasteiger partial charge < -0.3 is 33.8 Å². The highest BCUT2D eigenvalue weighted by atomic mass is 31.2. The fraction of sp³-hybridized carbons (Fsp3) is 0.953. The fourth-order valence-corrected chi connectivity index (χ4v) is 15.0. The monoisotopic (exact) mass is 1540 g/mol. The molecule has 0 saturated carbocycles. The summed E-state index contributed by atoms with van der Waals surface area (Å²) < 4.78 is 68.9. The van der Waals surface area contributed by atoms with Gasteiger partial charge in [-0.05, 0) is 37.5 Å². The van der Waals surface area contributed by atoms with E-state index in [1.165, 1.54) is 276 Å². The van der Waals surface area contributed by atoms with Gasteiger partial charge in [-0.15, -0.1) is 0 Å². The van der Waals surface area contributed by atoms with Crippen LogP contribution in [-0.4, -0.2) is 96.7 Å². The molecule has 0 radical (unpaired) electrons. The van der Waals surface area contributed by atoms with Crippen LogP contribution in [0.25, 0.3) is 0 Å². The lowest BCUT2D eigenvalue weighted by Gasteiger charge is -2.21. The molecule has 0 fully saturated rings. The first-order valence-electron chi connectivity index (χ1n) is 44.5. The maximum absolute atomic E-state index is 13.1. The molecule has 17 nitrogen and oxygen atoms in total. The van der Waals surface area contributed by atoms with Crippen LogP contribution in [0.5, 0.6) is 0 Å². The Hall–Kier alpha value is -1.94. The second kappa shape index (κ2) is 77.4. The summed E-state index contributed by atoms with van der Waals surface area (Å²) in [5.41, 5.74) is 0. The van der Waals surface area contributed by atoms with Crippen LogP contribution in [0.2, 0.25) is 0 Å². The molecule has 0 bridgehead atoms. The van der Waals surface area contributed by atoms with Gasteiger partial charge in [-0.25, -0.2) is 9.13 Å². The Balaban J connectivity index is 5.25. The number of phosphoric ester groups is 2. The summed E-state index contributed by atoms with van der Waals surface area (Å²) in [6.07, 6.45) is 69.3. The first-order valence-corrected chi connectivity index (χ1v) is 47.5. The summed E-state index contributed by atoms with van der Waals surface area (Å²) in [5.74, 6) is -0.484. The molecule has 0 heterocycles. The van der Waals surface area contributed by atoms with Crippen LogP contribution >= 0.6 is 15.6 Å². The summed E-state index contributed by atoms with van der Waals surface area (Å²) >= 11 is 0. The van der Waals surface area contributed by atoms with Crippen molar-refractivity contribution in [3.05, 3.63) is 0 Å². The van der Waals surface area contributed by atoms with Gasteiger partial charge in [0.15, 0.2) is 12.2 Å². The van der Waals surface area contributed by atoms with Crippen molar-refractivity contribution in [2.24, 2.45) is 11.8 Å². The van der Waals surface area contributed by atoms with Crippen LogP contribution < -0.4 is 0 Å². The lowest BCUT2D eigenvalue weighted by molar-refractivity contribution is -0.161. The van der Waals surface area contributed by atoms with Gasteiger partial charge in [-0.3, -0.25) is 37.3 Å². The van der Waals surface area contributed by atoms with Crippen LogP contribution in [-0.2, 0) is 65.4 Å². The Morgan fingerprint density at radius 1 is 0.257 bits per heavy atom. The molecular formula is C86H168O17P2. The van der Waals surface area contributed by atoms with E-state index in [9.17, 15) is 43.2 Å². The summed E-state index contributed by atoms with van der Waals surface area (Å²) in [7, 11) is -9.93. The molecular weight excluding hydrogens is 1370 g/mol. The number of carbonyl (C=O) groups is 4. The number of esters is 4. The van der Waals surface area contributed by atoms with E-state index < -0.39 is 97.5 Å². The molecule has 3 N–H and O–H groups in total. The molecule has 0 spiro atoms. The summed E-state index contributed by atoms with van der Waals surface area (Å²) in [5, 5.41) is 10.7. The molecule has 0 aromatic carbocycles. The average molecular weight is 1540 g/mol. The van der Waals surface area contributed by atoms with Gasteiger partial charge in [0.1, 0.15) is 19.3 Å². The van der Waals surface area contributed by atoms with Crippen molar-refractivity contribution in [2.75, 3.05) is 39.6 Å². The molecule has 0 aromatic heterocycles. The minimum absolute atomic E-state index is 0.109. The third kappa shape index (κ3) is 79.9. The predicted molar refractivity (Wildman–Crippen MR) is 432 cm³/mol. The van der Waals surface area contributed by atoms with E-state index in [2.05, 4.69) is 41.5 Å². The Kier molecular flexibility index (Phi) is 76.0. The largest absolute Gasteiger partial charge is 0.472 e. The number of phosphoric acid groups is 2. The number of aliphatic hydroxyl groups is 1. The summed E-state index contributed by atoms with van der Waals surface area (Å²) in [6.45, 7) is 9.73. The van der Waals surface area contributed by atoms with Crippen LogP contribution in [0, 0.1) is 11.8 Å². The molecule has 0 amide bonds. The number of ether oxygens (including phenoxy) is 4. The Labute approximate surface area is 645 Å². The minimum Gasteiger partial charge on any atom is -0.462 e. The number of unbranched alkanes of at least 4 members (excludes halogenated alkanes) is 55. The zero-order chi connectivity index (χ0) is 77.1. The minimum atomic E-state index is -4.97. The molecule has 5 atom stereocenters. The molecule has 19 heteroatoms. The highest BCUT2D eigenvalue weighted by Gasteiger charge is 2.30. The normalized spacial score (nSPS) is 13.8. The van der Waals surface area contributed by atoms with Crippen molar-refractivity contribution in [1.29, 1.82) is 0 Å². The van der Waals surface area contributed by atoms with E-state index in [4.69, 9.17) is 37.0 Å². The average Bonchev–Trinajstić information content (AvgIpc) is 0.908. The van der Waals surface area contributed by atoms with Gasteiger partial charge >= 0.3 is 39.5 Å². The predicted octanol–water partition coefficient (Wildman–Crippen LogP) is 26.2. The van der Waals surface area contributed by atoms with Crippen LogP contribution in [0.3, 0.4) is 0 Å². The molecule has 0 saturated heterocycles. The number of carbonyl (C=O) groups excluding carboxylic acids is 4. The maximum Gasteiger partial charge on any atom is 0.472 e. The van der Waals surface area contributed by atoms with Gasteiger partial charge in [0, 0.05) is 25.7 Å². The zero-order valence-electron chi connectivity index (χ0n) is 69.0. The van der Waals surface area contributed by atoms with E-state index in [1.54, 1.807) is 0 Å². The van der Waals surface area contributed by atoms with E-state index in [0.717, 1.165) is 102 Å². The van der Waals surface area contributed by atoms with E-state index in [0.29, 0.717) is 25.7 Å². The second-order valence-corrected chi connectivity index (χ2v) is 34.8. The highest BCUT2D eigenvalue weighted by Crippen LogP contribution is 2.45. The Morgan fingerprint density at radius 3 is 0.648 bits per heavy atom. The second-order valence-electron chi connectivity index (χ2n) is 31.9. The topological polar surface area (TPSA) is 237 Å². The maximum atomic E-state index is 13.1. The van der Waals surface area contributed by atoms with Gasteiger partial charge in [0.05, 0.1) is 26.4 Å². The molecule has 0 aliphatic rings. The highest BCUT2D eigenvalue weighted by molar-refractivity contribution is 7.47. The van der Waals surface area contributed by atoms with Crippen molar-refractivity contribution in [3.8, 4) is 0 Å². The van der Waals surface area contributed by atoms with Crippen LogP contribution in [0.1, 0.15) is 459 Å². The first kappa shape index (κ1) is 103. The number of aliphatic hydroxyl groups excluding tert-OH is 1. The van der Waals surface area contributed by atoms with Gasteiger partial charge in [-0.1, -0.05) is 408 Å². The van der Waals surface area contributed by atoms with E-state index in [-0.39, 0.29) is 25.7 Å². The molecule has 0 rings (SSSR count). The third-order valence-electron chi connectivity index (χ3n) is 20.2. The molecule has 624 valence electrons. The fourth-order valence-electron chi connectivity index (χ4n) is 13.4. The van der Waals surface area contributed by atoms with E-state index >= 15 is 0 Å². The van der Waals surface area contributed by atoms with Crippen LogP contribution in [0.15, 0.2) is 0 Å². The standard InChI is InChI=1S/C86H168O17P2/c1-7-9-11-13-15-17-19-20-21-22-28-34-40-46-52-58-64-70-85(90)102-81(74-96-83(88)68-62-56-50-44-36-18-16-14-12-10-8-2)76-100-104(92,93)98-72-80(87)73-99-105(94,95)101-77-82(75-97-84(89)69-63-57-51-45-39-33-30-25-27-32-38-43-49-55-61-67-79(5)6)103-86(91)71-65-59-53-47-41-35-29-24-23-26-31-37-42-48-54-60-66-78(3)4/h78-82,87H,7-77H2,1-6H3,(H,92,93)(H,94,95)/t80-,81+,82+/m0/s1. The zero-order valence-corrected chi connectivity index (χ0v) is 70.8. The lowest BCUT2D eigenvalue weighted by Crippen LogP contribution is -2.30. The molecule has 0 aliphatic carbocycles. The van der Waals surface area contributed by atoms with E-state index in [1.807, 2.05) is 0 Å². The number of hydrogen-bond acceptors (Lipinski definition) is 15. The third-order valence-corrected chi connectivity index (χ3v) is 22.1.